The highest BCUT2D eigenvalue weighted by atomic mass is 79.9. The van der Waals surface area contributed by atoms with E-state index in [4.69, 9.17) is 9.47 Å². The molecule has 0 spiro atoms. The maximum Gasteiger partial charge on any atom is 0.411 e. The molecule has 7 heteroatoms. The van der Waals surface area contributed by atoms with Crippen molar-refractivity contribution in [1.82, 2.24) is 0 Å². The van der Waals surface area contributed by atoms with Crippen molar-refractivity contribution < 1.29 is 27.8 Å². The molecule has 0 aromatic heterocycles. The number of aliphatic hydroxyl groups is 1. The van der Waals surface area contributed by atoms with Crippen LogP contribution in [0.4, 0.5) is 13.2 Å². The Bertz CT molecular complexity index is 270. The number of hydrogen-bond donors (Lipinski definition) is 1. The summed E-state index contributed by atoms with van der Waals surface area (Å²) in [5.41, 5.74) is -0.852. The van der Waals surface area contributed by atoms with Crippen LogP contribution in [0.25, 0.3) is 0 Å². The van der Waals surface area contributed by atoms with Gasteiger partial charge in [0, 0.05) is 16.2 Å². The van der Waals surface area contributed by atoms with E-state index in [2.05, 4.69) is 15.9 Å². The fourth-order valence-electron chi connectivity index (χ4n) is 1.33. The van der Waals surface area contributed by atoms with E-state index >= 15 is 0 Å². The molecule has 0 saturated carbocycles. The number of hydrogen-bond acceptors (Lipinski definition) is 3. The molecule has 0 heterocycles. The lowest BCUT2D eigenvalue weighted by molar-refractivity contribution is -0.183. The van der Waals surface area contributed by atoms with Crippen molar-refractivity contribution in [3.8, 4) is 0 Å². The summed E-state index contributed by atoms with van der Waals surface area (Å²) < 4.78 is 46.4. The number of ether oxygens (including phenoxy) is 2. The zero-order valence-corrected chi connectivity index (χ0v) is 13.8. The van der Waals surface area contributed by atoms with Crippen LogP contribution in [0.5, 0.6) is 0 Å². The van der Waals surface area contributed by atoms with Crippen LogP contribution in [-0.2, 0) is 9.47 Å². The number of halogens is 4. The van der Waals surface area contributed by atoms with Gasteiger partial charge in [-0.3, -0.25) is 0 Å². The summed E-state index contributed by atoms with van der Waals surface area (Å²) in [5, 5.41) is 9.83. The molecule has 0 aliphatic rings. The molecule has 0 radical (unpaired) electrons. The van der Waals surface area contributed by atoms with Gasteiger partial charge in [0.25, 0.3) is 0 Å². The van der Waals surface area contributed by atoms with E-state index in [-0.39, 0.29) is 18.6 Å². The SMILES string of the molecule is CCC(C)(COCC(F)(F)F)COCC(C)(CO)CBr. The second-order valence-corrected chi connectivity index (χ2v) is 6.43. The first kappa shape index (κ1) is 20.1. The molecule has 3 nitrogen and oxygen atoms in total. The van der Waals surface area contributed by atoms with Crippen molar-refractivity contribution in [1.29, 1.82) is 0 Å². The summed E-state index contributed by atoms with van der Waals surface area (Å²) in [6.45, 7) is 4.94. The summed E-state index contributed by atoms with van der Waals surface area (Å²) in [6, 6.07) is 0. The number of aliphatic hydroxyl groups excluding tert-OH is 1. The minimum absolute atomic E-state index is 0.00678. The molecule has 2 atom stereocenters. The Morgan fingerprint density at radius 3 is 1.75 bits per heavy atom. The van der Waals surface area contributed by atoms with E-state index in [1.807, 2.05) is 20.8 Å². The summed E-state index contributed by atoms with van der Waals surface area (Å²) in [7, 11) is 0. The Hall–Kier alpha value is 0.150. The zero-order chi connectivity index (χ0) is 15.9. The quantitative estimate of drug-likeness (QED) is 0.604. The van der Waals surface area contributed by atoms with Crippen LogP contribution >= 0.6 is 15.9 Å². The normalized spacial score (nSPS) is 18.6. The van der Waals surface area contributed by atoms with Crippen molar-refractivity contribution >= 4 is 15.9 Å². The van der Waals surface area contributed by atoms with E-state index in [1.165, 1.54) is 0 Å². The van der Waals surface area contributed by atoms with Gasteiger partial charge in [0.05, 0.1) is 26.4 Å². The van der Waals surface area contributed by atoms with Gasteiger partial charge in [0.1, 0.15) is 6.61 Å². The predicted octanol–water partition coefficient (Wildman–Crippen LogP) is 3.39. The lowest BCUT2D eigenvalue weighted by Gasteiger charge is -2.31. The molecule has 0 amide bonds. The third kappa shape index (κ3) is 8.44. The van der Waals surface area contributed by atoms with E-state index in [1.54, 1.807) is 0 Å². The smallest absolute Gasteiger partial charge is 0.396 e. The maximum absolute atomic E-state index is 12.0. The summed E-state index contributed by atoms with van der Waals surface area (Å²) in [5.74, 6) is 0. The van der Waals surface area contributed by atoms with Crippen LogP contribution in [0.3, 0.4) is 0 Å². The number of alkyl halides is 4. The molecule has 0 aliphatic heterocycles. The molecule has 0 aromatic carbocycles. The average molecular weight is 365 g/mol. The average Bonchev–Trinajstić information content (AvgIpc) is 2.37. The molecule has 20 heavy (non-hydrogen) atoms. The lowest BCUT2D eigenvalue weighted by Crippen LogP contribution is -2.35. The Labute approximate surface area is 127 Å². The second kappa shape index (κ2) is 8.56. The van der Waals surface area contributed by atoms with Gasteiger partial charge in [0.2, 0.25) is 0 Å². The van der Waals surface area contributed by atoms with Gasteiger partial charge in [-0.2, -0.15) is 13.2 Å². The lowest BCUT2D eigenvalue weighted by atomic mass is 9.89. The molecular formula is C13H24BrF3O3. The molecule has 0 bridgehead atoms. The maximum atomic E-state index is 12.0. The first-order chi connectivity index (χ1) is 9.10. The van der Waals surface area contributed by atoms with Crippen LogP contribution in [0.2, 0.25) is 0 Å². The fraction of sp³-hybridized carbons (Fsp3) is 1.00. The van der Waals surface area contributed by atoms with Gasteiger partial charge in [-0.05, 0) is 6.42 Å². The van der Waals surface area contributed by atoms with Gasteiger partial charge in [-0.25, -0.2) is 0 Å². The van der Waals surface area contributed by atoms with Crippen LogP contribution in [0.1, 0.15) is 27.2 Å². The fourth-order valence-corrected chi connectivity index (χ4v) is 1.67. The third-order valence-electron chi connectivity index (χ3n) is 3.18. The number of rotatable bonds is 10. The molecule has 0 aliphatic carbocycles. The summed E-state index contributed by atoms with van der Waals surface area (Å²) >= 11 is 3.30. The molecule has 0 aromatic rings. The van der Waals surface area contributed by atoms with Crippen LogP contribution < -0.4 is 0 Å². The standard InChI is InChI=1S/C13H24BrF3O3/c1-4-11(2,8-20-10-13(15,16)17)7-19-9-12(3,5-14)6-18/h18H,4-10H2,1-3H3. The minimum atomic E-state index is -4.30. The summed E-state index contributed by atoms with van der Waals surface area (Å²) in [6.07, 6.45) is -3.66. The Morgan fingerprint density at radius 2 is 1.40 bits per heavy atom. The Morgan fingerprint density at radius 1 is 0.950 bits per heavy atom. The van der Waals surface area contributed by atoms with Crippen molar-refractivity contribution in [2.75, 3.05) is 38.4 Å². The van der Waals surface area contributed by atoms with Gasteiger partial charge in [-0.1, -0.05) is 36.7 Å². The molecule has 1 N–H and O–H groups in total. The molecule has 2 unspecified atom stereocenters. The first-order valence-corrected chi connectivity index (χ1v) is 7.61. The van der Waals surface area contributed by atoms with Gasteiger partial charge < -0.3 is 14.6 Å². The second-order valence-electron chi connectivity index (χ2n) is 5.87. The van der Waals surface area contributed by atoms with Crippen molar-refractivity contribution in [3.63, 3.8) is 0 Å². The topological polar surface area (TPSA) is 38.7 Å². The van der Waals surface area contributed by atoms with Gasteiger partial charge in [0.15, 0.2) is 0 Å². The highest BCUT2D eigenvalue weighted by Crippen LogP contribution is 2.26. The van der Waals surface area contributed by atoms with E-state index < -0.39 is 18.2 Å². The van der Waals surface area contributed by atoms with Crippen LogP contribution in [0.15, 0.2) is 0 Å². The Balaban J connectivity index is 4.18. The zero-order valence-electron chi connectivity index (χ0n) is 12.2. The first-order valence-electron chi connectivity index (χ1n) is 6.49. The molecule has 0 fully saturated rings. The van der Waals surface area contributed by atoms with E-state index in [0.717, 1.165) is 0 Å². The molecule has 0 rings (SSSR count). The molecular weight excluding hydrogens is 341 g/mol. The van der Waals surface area contributed by atoms with Gasteiger partial charge >= 0.3 is 6.18 Å². The van der Waals surface area contributed by atoms with Gasteiger partial charge in [-0.15, -0.1) is 0 Å². The highest BCUT2D eigenvalue weighted by molar-refractivity contribution is 9.09. The highest BCUT2D eigenvalue weighted by Gasteiger charge is 2.31. The van der Waals surface area contributed by atoms with Crippen LogP contribution in [-0.4, -0.2) is 49.6 Å². The summed E-state index contributed by atoms with van der Waals surface area (Å²) in [4.78, 5) is 0. The minimum Gasteiger partial charge on any atom is -0.396 e. The van der Waals surface area contributed by atoms with Crippen molar-refractivity contribution in [3.05, 3.63) is 0 Å². The van der Waals surface area contributed by atoms with E-state index in [0.29, 0.717) is 25.0 Å². The van der Waals surface area contributed by atoms with Crippen molar-refractivity contribution in [2.24, 2.45) is 10.8 Å². The van der Waals surface area contributed by atoms with E-state index in [9.17, 15) is 18.3 Å². The van der Waals surface area contributed by atoms with Crippen molar-refractivity contribution in [2.45, 2.75) is 33.4 Å². The largest absolute Gasteiger partial charge is 0.411 e. The third-order valence-corrected chi connectivity index (χ3v) is 4.53. The Kier molecular flexibility index (Phi) is 8.62. The molecule has 122 valence electrons. The monoisotopic (exact) mass is 364 g/mol. The molecule has 0 saturated heterocycles. The van der Waals surface area contributed by atoms with Crippen LogP contribution in [0, 0.1) is 10.8 Å². The predicted molar refractivity (Wildman–Crippen MR) is 75.1 cm³/mol.